The molecule has 7 nitrogen and oxygen atoms in total. The molecule has 3 aromatic rings. The van der Waals surface area contributed by atoms with Gasteiger partial charge in [0.15, 0.2) is 5.65 Å². The highest BCUT2D eigenvalue weighted by Gasteiger charge is 2.23. The summed E-state index contributed by atoms with van der Waals surface area (Å²) < 4.78 is 0. The average Bonchev–Trinajstić information content (AvgIpc) is 2.81. The van der Waals surface area contributed by atoms with E-state index >= 15 is 0 Å². The Kier molecular flexibility index (Phi) is 4.11. The molecule has 2 amide bonds. The summed E-state index contributed by atoms with van der Waals surface area (Å²) in [6.07, 6.45) is 0.852. The molecule has 0 atom stereocenters. The fourth-order valence-corrected chi connectivity index (χ4v) is 4.05. The molecule has 0 unspecified atom stereocenters. The number of benzene rings is 1. The maximum absolute atomic E-state index is 11.6. The normalized spacial score (nSPS) is 15.7. The predicted molar refractivity (Wildman–Crippen MR) is 104 cm³/mol. The summed E-state index contributed by atoms with van der Waals surface area (Å²) in [7, 11) is 0. The number of halogens is 1. The van der Waals surface area contributed by atoms with Gasteiger partial charge in [-0.15, -0.1) is 0 Å². The van der Waals surface area contributed by atoms with Crippen molar-refractivity contribution in [2.75, 3.05) is 31.1 Å². The van der Waals surface area contributed by atoms with Gasteiger partial charge < -0.3 is 15.5 Å². The molecule has 4 rings (SSSR count). The van der Waals surface area contributed by atoms with Crippen LogP contribution in [0.4, 0.5) is 10.5 Å². The van der Waals surface area contributed by atoms with Crippen molar-refractivity contribution in [2.24, 2.45) is 5.73 Å². The molecule has 0 spiro atoms. The second-order valence-electron chi connectivity index (χ2n) is 6.79. The van der Waals surface area contributed by atoms with Crippen molar-refractivity contribution in [3.05, 3.63) is 28.4 Å². The number of hydrogen-bond acceptors (Lipinski definition) is 4. The molecule has 3 N–H and O–H groups in total. The Bertz CT molecular complexity index is 1010. The molecule has 1 fully saturated rings. The minimum Gasteiger partial charge on any atom is -0.368 e. The van der Waals surface area contributed by atoms with Crippen LogP contribution in [-0.2, 0) is 0 Å². The van der Waals surface area contributed by atoms with Crippen LogP contribution in [0.3, 0.4) is 0 Å². The standard InChI is InChI=1S/C18H21ClN6O/c1-10-8-12(19)9-13-15(10)21-17-14(11(2)22-23-17)16(13)24-4-3-5-25(7-6-24)18(20)26/h8-9H,3-7H2,1-2H3,(H2,20,26)(H,21,22,23). The van der Waals surface area contributed by atoms with Crippen LogP contribution in [-0.4, -0.2) is 52.3 Å². The monoisotopic (exact) mass is 372 g/mol. The van der Waals surface area contributed by atoms with E-state index in [-0.39, 0.29) is 6.03 Å². The molecule has 1 aliphatic heterocycles. The Hall–Kier alpha value is -2.54. The van der Waals surface area contributed by atoms with Crippen molar-refractivity contribution in [2.45, 2.75) is 20.3 Å². The fourth-order valence-electron chi connectivity index (χ4n) is 3.78. The minimum atomic E-state index is -0.366. The highest BCUT2D eigenvalue weighted by molar-refractivity contribution is 6.32. The van der Waals surface area contributed by atoms with Crippen LogP contribution in [0.5, 0.6) is 0 Å². The summed E-state index contributed by atoms with van der Waals surface area (Å²) in [4.78, 5) is 20.3. The highest BCUT2D eigenvalue weighted by atomic mass is 35.5. The van der Waals surface area contributed by atoms with Gasteiger partial charge in [0.2, 0.25) is 0 Å². The number of urea groups is 1. The van der Waals surface area contributed by atoms with Crippen LogP contribution in [0.25, 0.3) is 21.9 Å². The van der Waals surface area contributed by atoms with Crippen LogP contribution in [0.1, 0.15) is 17.7 Å². The Morgan fingerprint density at radius 3 is 2.81 bits per heavy atom. The van der Waals surface area contributed by atoms with E-state index in [2.05, 4.69) is 15.1 Å². The lowest BCUT2D eigenvalue weighted by molar-refractivity contribution is 0.211. The van der Waals surface area contributed by atoms with Gasteiger partial charge in [-0.2, -0.15) is 5.10 Å². The number of fused-ring (bicyclic) bond motifs is 2. The first-order chi connectivity index (χ1) is 12.5. The number of nitrogens with two attached hydrogens (primary N) is 1. The zero-order valence-electron chi connectivity index (χ0n) is 14.8. The molecule has 0 aliphatic carbocycles. The summed E-state index contributed by atoms with van der Waals surface area (Å²) in [5.74, 6) is 0. The van der Waals surface area contributed by atoms with E-state index in [0.717, 1.165) is 46.2 Å². The Balaban J connectivity index is 1.94. The van der Waals surface area contributed by atoms with E-state index in [0.29, 0.717) is 30.3 Å². The number of carbonyl (C=O) groups excluding carboxylic acids is 1. The first-order valence-corrected chi connectivity index (χ1v) is 9.07. The molecule has 1 saturated heterocycles. The third-order valence-corrected chi connectivity index (χ3v) is 5.25. The number of rotatable bonds is 1. The third-order valence-electron chi connectivity index (χ3n) is 5.03. The molecule has 0 saturated carbocycles. The number of H-pyrrole nitrogens is 1. The number of hydrogen-bond donors (Lipinski definition) is 2. The molecule has 26 heavy (non-hydrogen) atoms. The van der Waals surface area contributed by atoms with Gasteiger partial charge in [-0.3, -0.25) is 5.10 Å². The van der Waals surface area contributed by atoms with Gasteiger partial charge in [-0.05, 0) is 38.0 Å². The van der Waals surface area contributed by atoms with Gasteiger partial charge in [0, 0.05) is 42.3 Å². The number of pyridine rings is 1. The van der Waals surface area contributed by atoms with Gasteiger partial charge >= 0.3 is 6.03 Å². The van der Waals surface area contributed by atoms with E-state index in [9.17, 15) is 4.79 Å². The Morgan fingerprint density at radius 2 is 2.04 bits per heavy atom. The molecule has 0 bridgehead atoms. The second-order valence-corrected chi connectivity index (χ2v) is 7.23. The van der Waals surface area contributed by atoms with Crippen LogP contribution in [0.2, 0.25) is 5.02 Å². The maximum atomic E-state index is 11.6. The van der Waals surface area contributed by atoms with Crippen molar-refractivity contribution >= 4 is 45.3 Å². The Morgan fingerprint density at radius 1 is 1.23 bits per heavy atom. The van der Waals surface area contributed by atoms with E-state index < -0.39 is 0 Å². The van der Waals surface area contributed by atoms with Crippen molar-refractivity contribution in [1.29, 1.82) is 0 Å². The minimum absolute atomic E-state index is 0.366. The van der Waals surface area contributed by atoms with Crippen LogP contribution in [0.15, 0.2) is 12.1 Å². The van der Waals surface area contributed by atoms with Crippen molar-refractivity contribution < 1.29 is 4.79 Å². The first-order valence-electron chi connectivity index (χ1n) is 8.69. The fraction of sp³-hybridized carbons (Fsp3) is 0.389. The van der Waals surface area contributed by atoms with Crippen molar-refractivity contribution in [3.63, 3.8) is 0 Å². The van der Waals surface area contributed by atoms with Crippen LogP contribution < -0.4 is 10.6 Å². The number of amides is 2. The summed E-state index contributed by atoms with van der Waals surface area (Å²) in [5, 5.41) is 10.1. The molecule has 3 heterocycles. The van der Waals surface area contributed by atoms with E-state index in [1.54, 1.807) is 4.90 Å². The molecule has 1 aromatic carbocycles. The third kappa shape index (κ3) is 2.72. The number of aryl methyl sites for hydroxylation is 2. The lowest BCUT2D eigenvalue weighted by Crippen LogP contribution is -2.38. The quantitative estimate of drug-likeness (QED) is 0.687. The number of anilines is 1. The average molecular weight is 373 g/mol. The van der Waals surface area contributed by atoms with Crippen LogP contribution in [0, 0.1) is 13.8 Å². The van der Waals surface area contributed by atoms with Gasteiger partial charge in [0.25, 0.3) is 0 Å². The number of nitrogens with zero attached hydrogens (tertiary/aromatic N) is 4. The number of aromatic nitrogens is 3. The van der Waals surface area contributed by atoms with E-state index in [1.807, 2.05) is 26.0 Å². The van der Waals surface area contributed by atoms with Gasteiger partial charge in [0.1, 0.15) is 0 Å². The zero-order valence-corrected chi connectivity index (χ0v) is 15.6. The van der Waals surface area contributed by atoms with E-state index in [4.69, 9.17) is 22.3 Å². The largest absolute Gasteiger partial charge is 0.368 e. The highest BCUT2D eigenvalue weighted by Crippen LogP contribution is 2.37. The van der Waals surface area contributed by atoms with Gasteiger partial charge in [-0.25, -0.2) is 9.78 Å². The van der Waals surface area contributed by atoms with Crippen LogP contribution >= 0.6 is 11.6 Å². The maximum Gasteiger partial charge on any atom is 0.314 e. The SMILES string of the molecule is Cc1cc(Cl)cc2c(N3CCCN(C(N)=O)CC3)c3c(C)[nH]nc3nc12. The Labute approximate surface area is 156 Å². The van der Waals surface area contributed by atoms with Gasteiger partial charge in [-0.1, -0.05) is 11.6 Å². The molecule has 136 valence electrons. The summed E-state index contributed by atoms with van der Waals surface area (Å²) in [5.41, 5.74) is 10.1. The summed E-state index contributed by atoms with van der Waals surface area (Å²) in [6.45, 7) is 6.80. The zero-order chi connectivity index (χ0) is 18.4. The topological polar surface area (TPSA) is 91.1 Å². The molecule has 1 aliphatic rings. The molecule has 8 heteroatoms. The number of carbonyl (C=O) groups is 1. The van der Waals surface area contributed by atoms with E-state index in [1.165, 1.54) is 0 Å². The smallest absolute Gasteiger partial charge is 0.314 e. The summed E-state index contributed by atoms with van der Waals surface area (Å²) in [6, 6.07) is 3.52. The van der Waals surface area contributed by atoms with Gasteiger partial charge in [0.05, 0.1) is 16.6 Å². The van der Waals surface area contributed by atoms with Crippen molar-refractivity contribution in [1.82, 2.24) is 20.1 Å². The number of nitrogens with one attached hydrogen (secondary N) is 1. The summed E-state index contributed by atoms with van der Waals surface area (Å²) >= 11 is 6.36. The second kappa shape index (κ2) is 6.32. The molecule has 2 aromatic heterocycles. The lowest BCUT2D eigenvalue weighted by atomic mass is 10.0. The first kappa shape index (κ1) is 16.9. The molecular formula is C18H21ClN6O. The number of primary amides is 1. The molecular weight excluding hydrogens is 352 g/mol. The lowest BCUT2D eigenvalue weighted by Gasteiger charge is -2.26. The van der Waals surface area contributed by atoms with Crippen molar-refractivity contribution in [3.8, 4) is 0 Å². The molecule has 0 radical (unpaired) electrons. The predicted octanol–water partition coefficient (Wildman–Crippen LogP) is 2.97. The number of aromatic amines is 1.